The number of rotatable bonds is 10. The average molecular weight is 272 g/mol. The Labute approximate surface area is 116 Å². The van der Waals surface area contributed by atoms with E-state index in [4.69, 9.17) is 9.47 Å². The van der Waals surface area contributed by atoms with Gasteiger partial charge in [0.15, 0.2) is 0 Å². The van der Waals surface area contributed by atoms with E-state index in [0.29, 0.717) is 6.04 Å². The highest BCUT2D eigenvalue weighted by atomic mass is 16.5. The van der Waals surface area contributed by atoms with Crippen molar-refractivity contribution in [2.75, 3.05) is 33.9 Å². The SMILES string of the molecule is COCCN(CCC(NC(C)C)C(=O)OC)C1CC1. The number of nitrogens with one attached hydrogen (secondary N) is 1. The molecule has 1 fully saturated rings. The summed E-state index contributed by atoms with van der Waals surface area (Å²) in [5.74, 6) is -0.170. The van der Waals surface area contributed by atoms with Crippen molar-refractivity contribution in [3.8, 4) is 0 Å². The summed E-state index contributed by atoms with van der Waals surface area (Å²) in [4.78, 5) is 14.1. The van der Waals surface area contributed by atoms with Crippen LogP contribution in [0, 0.1) is 0 Å². The summed E-state index contributed by atoms with van der Waals surface area (Å²) in [6, 6.07) is 0.749. The number of hydrogen-bond donors (Lipinski definition) is 1. The van der Waals surface area contributed by atoms with Crippen molar-refractivity contribution in [2.24, 2.45) is 0 Å². The van der Waals surface area contributed by atoms with Gasteiger partial charge in [-0.15, -0.1) is 0 Å². The number of ether oxygens (including phenoxy) is 2. The molecule has 1 N–H and O–H groups in total. The molecule has 1 saturated carbocycles. The molecule has 0 aromatic carbocycles. The van der Waals surface area contributed by atoms with Crippen LogP contribution in [-0.4, -0.2) is 62.9 Å². The van der Waals surface area contributed by atoms with Crippen molar-refractivity contribution < 1.29 is 14.3 Å². The van der Waals surface area contributed by atoms with Crippen LogP contribution in [0.25, 0.3) is 0 Å². The Morgan fingerprint density at radius 3 is 2.47 bits per heavy atom. The van der Waals surface area contributed by atoms with Crippen LogP contribution in [0.15, 0.2) is 0 Å². The number of carbonyl (C=O) groups excluding carboxylic acids is 1. The largest absolute Gasteiger partial charge is 0.468 e. The van der Waals surface area contributed by atoms with Gasteiger partial charge in [-0.1, -0.05) is 13.8 Å². The average Bonchev–Trinajstić information content (AvgIpc) is 3.20. The third-order valence-electron chi connectivity index (χ3n) is 3.37. The first-order chi connectivity index (χ1) is 9.08. The third kappa shape index (κ3) is 6.36. The fraction of sp³-hybridized carbons (Fsp3) is 0.929. The summed E-state index contributed by atoms with van der Waals surface area (Å²) in [5, 5.41) is 3.27. The minimum Gasteiger partial charge on any atom is -0.468 e. The van der Waals surface area contributed by atoms with Crippen LogP contribution in [0.2, 0.25) is 0 Å². The van der Waals surface area contributed by atoms with Gasteiger partial charge >= 0.3 is 5.97 Å². The standard InChI is InChI=1S/C14H28N2O3/c1-11(2)15-13(14(17)19-4)7-8-16(9-10-18-3)12-5-6-12/h11-13,15H,5-10H2,1-4H3. The number of carbonyl (C=O) groups is 1. The van der Waals surface area contributed by atoms with E-state index >= 15 is 0 Å². The molecule has 0 bridgehead atoms. The molecule has 0 spiro atoms. The first-order valence-corrected chi connectivity index (χ1v) is 7.15. The topological polar surface area (TPSA) is 50.8 Å². The molecule has 19 heavy (non-hydrogen) atoms. The first-order valence-electron chi connectivity index (χ1n) is 7.15. The zero-order valence-electron chi connectivity index (χ0n) is 12.6. The number of esters is 1. The lowest BCUT2D eigenvalue weighted by atomic mass is 10.1. The van der Waals surface area contributed by atoms with Gasteiger partial charge in [0.25, 0.3) is 0 Å². The molecular formula is C14H28N2O3. The monoisotopic (exact) mass is 272 g/mol. The minimum absolute atomic E-state index is 0.170. The Kier molecular flexibility index (Phi) is 7.34. The maximum atomic E-state index is 11.7. The maximum absolute atomic E-state index is 11.7. The molecule has 0 heterocycles. The summed E-state index contributed by atoms with van der Waals surface area (Å²) < 4.78 is 10.00. The predicted molar refractivity (Wildman–Crippen MR) is 75.2 cm³/mol. The Balaban J connectivity index is 2.40. The van der Waals surface area contributed by atoms with Crippen LogP contribution in [-0.2, 0) is 14.3 Å². The molecule has 1 aliphatic rings. The number of hydrogen-bond acceptors (Lipinski definition) is 5. The van der Waals surface area contributed by atoms with Gasteiger partial charge < -0.3 is 14.8 Å². The molecule has 0 aromatic heterocycles. The van der Waals surface area contributed by atoms with E-state index in [1.54, 1.807) is 7.11 Å². The van der Waals surface area contributed by atoms with Gasteiger partial charge in [-0.05, 0) is 19.3 Å². The third-order valence-corrected chi connectivity index (χ3v) is 3.37. The van der Waals surface area contributed by atoms with E-state index in [1.807, 2.05) is 13.8 Å². The molecule has 5 nitrogen and oxygen atoms in total. The smallest absolute Gasteiger partial charge is 0.322 e. The highest BCUT2D eigenvalue weighted by Crippen LogP contribution is 2.26. The van der Waals surface area contributed by atoms with Gasteiger partial charge in [0.1, 0.15) is 6.04 Å². The van der Waals surface area contributed by atoms with Crippen LogP contribution >= 0.6 is 0 Å². The van der Waals surface area contributed by atoms with Gasteiger partial charge in [-0.3, -0.25) is 9.69 Å². The maximum Gasteiger partial charge on any atom is 0.322 e. The van der Waals surface area contributed by atoms with Gasteiger partial charge in [-0.2, -0.15) is 0 Å². The predicted octanol–water partition coefficient (Wildman–Crippen LogP) is 1.03. The van der Waals surface area contributed by atoms with Crippen LogP contribution in [0.4, 0.5) is 0 Å². The van der Waals surface area contributed by atoms with Crippen LogP contribution in [0.1, 0.15) is 33.1 Å². The van der Waals surface area contributed by atoms with E-state index < -0.39 is 0 Å². The lowest BCUT2D eigenvalue weighted by molar-refractivity contribution is -0.143. The van der Waals surface area contributed by atoms with E-state index in [2.05, 4.69) is 10.2 Å². The first kappa shape index (κ1) is 16.4. The fourth-order valence-electron chi connectivity index (χ4n) is 2.23. The van der Waals surface area contributed by atoms with Crippen molar-refractivity contribution in [3.05, 3.63) is 0 Å². The second-order valence-electron chi connectivity index (χ2n) is 5.45. The van der Waals surface area contributed by atoms with E-state index in [1.165, 1.54) is 20.0 Å². The molecule has 0 aromatic rings. The Morgan fingerprint density at radius 1 is 1.32 bits per heavy atom. The Hall–Kier alpha value is -0.650. The zero-order chi connectivity index (χ0) is 14.3. The van der Waals surface area contributed by atoms with Crippen molar-refractivity contribution in [1.29, 1.82) is 0 Å². The molecule has 1 aliphatic carbocycles. The van der Waals surface area contributed by atoms with Crippen LogP contribution < -0.4 is 5.32 Å². The van der Waals surface area contributed by atoms with E-state index in [0.717, 1.165) is 26.1 Å². The van der Waals surface area contributed by atoms with Crippen molar-refractivity contribution in [1.82, 2.24) is 10.2 Å². The Bertz CT molecular complexity index is 267. The van der Waals surface area contributed by atoms with E-state index in [9.17, 15) is 4.79 Å². The Morgan fingerprint density at radius 2 is 2.00 bits per heavy atom. The molecule has 5 heteroatoms. The minimum atomic E-state index is -0.214. The summed E-state index contributed by atoms with van der Waals surface area (Å²) in [5.41, 5.74) is 0. The number of nitrogens with zero attached hydrogens (tertiary/aromatic N) is 1. The van der Waals surface area contributed by atoms with Crippen LogP contribution in [0.3, 0.4) is 0 Å². The molecule has 1 unspecified atom stereocenters. The van der Waals surface area contributed by atoms with E-state index in [-0.39, 0.29) is 18.1 Å². The second kappa shape index (κ2) is 8.51. The number of methoxy groups -OCH3 is 2. The highest BCUT2D eigenvalue weighted by Gasteiger charge is 2.30. The van der Waals surface area contributed by atoms with Crippen molar-refractivity contribution >= 4 is 5.97 Å². The van der Waals surface area contributed by atoms with Crippen LogP contribution in [0.5, 0.6) is 0 Å². The molecule has 1 atom stereocenters. The van der Waals surface area contributed by atoms with Gasteiger partial charge in [0.2, 0.25) is 0 Å². The van der Waals surface area contributed by atoms with Crippen molar-refractivity contribution in [3.63, 3.8) is 0 Å². The normalized spacial score (nSPS) is 16.9. The molecule has 0 radical (unpaired) electrons. The molecule has 112 valence electrons. The molecular weight excluding hydrogens is 244 g/mol. The lowest BCUT2D eigenvalue weighted by Crippen LogP contribution is -2.44. The molecule has 1 rings (SSSR count). The van der Waals surface area contributed by atoms with Crippen molar-refractivity contribution in [2.45, 2.75) is 51.2 Å². The fourth-order valence-corrected chi connectivity index (χ4v) is 2.23. The van der Waals surface area contributed by atoms with Gasteiger partial charge in [0.05, 0.1) is 13.7 Å². The van der Waals surface area contributed by atoms with Gasteiger partial charge in [0, 0.05) is 32.3 Å². The molecule has 0 saturated heterocycles. The second-order valence-corrected chi connectivity index (χ2v) is 5.45. The molecule has 0 amide bonds. The summed E-state index contributed by atoms with van der Waals surface area (Å²) in [7, 11) is 3.17. The summed E-state index contributed by atoms with van der Waals surface area (Å²) in [6.45, 7) is 6.68. The quantitative estimate of drug-likeness (QED) is 0.602. The molecule has 0 aliphatic heterocycles. The summed E-state index contributed by atoms with van der Waals surface area (Å²) in [6.07, 6.45) is 3.32. The van der Waals surface area contributed by atoms with Gasteiger partial charge in [-0.25, -0.2) is 0 Å². The summed E-state index contributed by atoms with van der Waals surface area (Å²) >= 11 is 0. The zero-order valence-corrected chi connectivity index (χ0v) is 12.6. The highest BCUT2D eigenvalue weighted by molar-refractivity contribution is 5.75. The lowest BCUT2D eigenvalue weighted by Gasteiger charge is -2.25.